The van der Waals surface area contributed by atoms with Crippen LogP contribution < -0.4 is 5.73 Å². The lowest BCUT2D eigenvalue weighted by Gasteiger charge is -2.41. The molecule has 1 aromatic carbocycles. The molecular formula is C16H25N3. The number of hydrogen-bond acceptors (Lipinski definition) is 3. The zero-order valence-electron chi connectivity index (χ0n) is 12.9. The molecule has 2 rings (SSSR count). The van der Waals surface area contributed by atoms with Crippen LogP contribution >= 0.6 is 0 Å². The maximum absolute atomic E-state index is 6.10. The third kappa shape index (κ3) is 2.11. The molecule has 0 saturated carbocycles. The lowest BCUT2D eigenvalue weighted by molar-refractivity contribution is 0.183. The van der Waals surface area contributed by atoms with Gasteiger partial charge in [-0.05, 0) is 58.2 Å². The van der Waals surface area contributed by atoms with Gasteiger partial charge in [-0.3, -0.25) is 4.99 Å². The zero-order chi connectivity index (χ0) is 14.4. The van der Waals surface area contributed by atoms with Gasteiger partial charge in [-0.2, -0.15) is 0 Å². The van der Waals surface area contributed by atoms with Crippen LogP contribution in [0.3, 0.4) is 0 Å². The van der Waals surface area contributed by atoms with E-state index in [0.29, 0.717) is 12.0 Å². The van der Waals surface area contributed by atoms with Crippen LogP contribution in [0.2, 0.25) is 0 Å². The van der Waals surface area contributed by atoms with Crippen molar-refractivity contribution in [2.45, 2.75) is 53.1 Å². The van der Waals surface area contributed by atoms with E-state index in [2.05, 4.69) is 63.6 Å². The lowest BCUT2D eigenvalue weighted by Crippen LogP contribution is -2.51. The molecule has 1 aliphatic rings. The van der Waals surface area contributed by atoms with Crippen molar-refractivity contribution >= 4 is 5.96 Å². The Labute approximate surface area is 116 Å². The topological polar surface area (TPSA) is 41.6 Å². The predicted octanol–water partition coefficient (Wildman–Crippen LogP) is 2.87. The Morgan fingerprint density at radius 1 is 1.21 bits per heavy atom. The quantitative estimate of drug-likeness (QED) is 0.887. The van der Waals surface area contributed by atoms with E-state index in [0.717, 1.165) is 6.54 Å². The molecule has 0 spiro atoms. The van der Waals surface area contributed by atoms with Gasteiger partial charge in [0.1, 0.15) is 0 Å². The predicted molar refractivity (Wildman–Crippen MR) is 81.5 cm³/mol. The second-order valence-electron chi connectivity index (χ2n) is 6.19. The highest BCUT2D eigenvalue weighted by Gasteiger charge is 2.42. The van der Waals surface area contributed by atoms with Gasteiger partial charge in [0.05, 0.1) is 12.1 Å². The molecule has 19 heavy (non-hydrogen) atoms. The van der Waals surface area contributed by atoms with Crippen molar-refractivity contribution in [3.63, 3.8) is 0 Å². The summed E-state index contributed by atoms with van der Waals surface area (Å²) < 4.78 is 0. The van der Waals surface area contributed by atoms with Crippen molar-refractivity contribution < 1.29 is 0 Å². The molecular weight excluding hydrogens is 234 g/mol. The Kier molecular flexibility index (Phi) is 3.33. The number of nitrogens with zero attached hydrogens (tertiary/aromatic N) is 2. The van der Waals surface area contributed by atoms with Gasteiger partial charge in [-0.15, -0.1) is 0 Å². The fourth-order valence-electron chi connectivity index (χ4n) is 3.70. The third-order valence-electron chi connectivity index (χ3n) is 4.06. The Balaban J connectivity index is 2.58. The fourth-order valence-corrected chi connectivity index (χ4v) is 3.70. The first kappa shape index (κ1) is 13.9. The maximum Gasteiger partial charge on any atom is 0.192 e. The van der Waals surface area contributed by atoms with E-state index < -0.39 is 0 Å². The van der Waals surface area contributed by atoms with Gasteiger partial charge in [-0.1, -0.05) is 17.7 Å². The monoisotopic (exact) mass is 259 g/mol. The van der Waals surface area contributed by atoms with Crippen LogP contribution in [0.4, 0.5) is 0 Å². The number of aryl methyl sites for hydroxylation is 3. The Morgan fingerprint density at radius 3 is 2.21 bits per heavy atom. The average molecular weight is 259 g/mol. The molecule has 2 N–H and O–H groups in total. The Bertz CT molecular complexity index is 508. The largest absolute Gasteiger partial charge is 0.370 e. The summed E-state index contributed by atoms with van der Waals surface area (Å²) in [6.45, 7) is 13.9. The van der Waals surface area contributed by atoms with Crippen LogP contribution in [0.15, 0.2) is 17.1 Å². The number of aliphatic imine (C=N–C) groups is 1. The zero-order valence-corrected chi connectivity index (χ0v) is 12.9. The van der Waals surface area contributed by atoms with Crippen molar-refractivity contribution in [2.24, 2.45) is 10.7 Å². The summed E-state index contributed by atoms with van der Waals surface area (Å²) in [6, 6.07) is 4.85. The van der Waals surface area contributed by atoms with Crippen LogP contribution in [0.5, 0.6) is 0 Å². The standard InChI is InChI=1S/C16H25N3/c1-10(2)19-15(17)18-9-16(19,6)14-12(4)7-11(3)8-13(14)5/h7-8,10H,9H2,1-6H3,(H2,17,18). The highest BCUT2D eigenvalue weighted by Crippen LogP contribution is 2.38. The molecule has 0 fully saturated rings. The second-order valence-corrected chi connectivity index (χ2v) is 6.19. The second kappa shape index (κ2) is 4.55. The molecule has 0 aliphatic carbocycles. The SMILES string of the molecule is Cc1cc(C)c(C2(C)CN=C(N)N2C(C)C)c(C)c1. The number of hydrogen-bond donors (Lipinski definition) is 1. The molecule has 3 heteroatoms. The summed E-state index contributed by atoms with van der Waals surface area (Å²) in [7, 11) is 0. The first-order chi connectivity index (χ1) is 8.77. The molecule has 0 aromatic heterocycles. The summed E-state index contributed by atoms with van der Waals surface area (Å²) in [4.78, 5) is 6.74. The van der Waals surface area contributed by atoms with Gasteiger partial charge >= 0.3 is 0 Å². The van der Waals surface area contributed by atoms with Gasteiger partial charge in [0, 0.05) is 6.04 Å². The normalized spacial score (nSPS) is 23.1. The molecule has 1 heterocycles. The van der Waals surface area contributed by atoms with Crippen LogP contribution in [-0.4, -0.2) is 23.4 Å². The van der Waals surface area contributed by atoms with E-state index in [-0.39, 0.29) is 5.54 Å². The molecule has 1 atom stereocenters. The van der Waals surface area contributed by atoms with E-state index >= 15 is 0 Å². The summed E-state index contributed by atoms with van der Waals surface area (Å²) in [6.07, 6.45) is 0. The number of rotatable bonds is 2. The van der Waals surface area contributed by atoms with Crippen molar-refractivity contribution in [3.05, 3.63) is 34.4 Å². The van der Waals surface area contributed by atoms with E-state index in [1.165, 1.54) is 22.3 Å². The van der Waals surface area contributed by atoms with E-state index in [1.54, 1.807) is 0 Å². The molecule has 0 amide bonds. The summed E-state index contributed by atoms with van der Waals surface area (Å²) in [5, 5.41) is 0. The number of guanidine groups is 1. The molecule has 104 valence electrons. The minimum atomic E-state index is -0.125. The van der Waals surface area contributed by atoms with Crippen LogP contribution in [-0.2, 0) is 5.54 Å². The molecule has 1 unspecified atom stereocenters. The average Bonchev–Trinajstić information content (AvgIpc) is 2.53. The van der Waals surface area contributed by atoms with Crippen molar-refractivity contribution in [1.29, 1.82) is 0 Å². The van der Waals surface area contributed by atoms with Crippen LogP contribution in [0.25, 0.3) is 0 Å². The van der Waals surface area contributed by atoms with Crippen molar-refractivity contribution in [2.75, 3.05) is 6.54 Å². The van der Waals surface area contributed by atoms with Gasteiger partial charge < -0.3 is 10.6 Å². The van der Waals surface area contributed by atoms with E-state index in [4.69, 9.17) is 5.73 Å². The minimum absolute atomic E-state index is 0.125. The van der Waals surface area contributed by atoms with Gasteiger partial charge in [0.25, 0.3) is 0 Å². The molecule has 1 aromatic rings. The lowest BCUT2D eigenvalue weighted by atomic mass is 9.83. The Hall–Kier alpha value is -1.51. The van der Waals surface area contributed by atoms with Gasteiger partial charge in [0.2, 0.25) is 0 Å². The first-order valence-corrected chi connectivity index (χ1v) is 6.95. The highest BCUT2D eigenvalue weighted by molar-refractivity contribution is 5.81. The van der Waals surface area contributed by atoms with E-state index in [9.17, 15) is 0 Å². The van der Waals surface area contributed by atoms with Gasteiger partial charge in [0.15, 0.2) is 5.96 Å². The van der Waals surface area contributed by atoms with Gasteiger partial charge in [-0.25, -0.2) is 0 Å². The Morgan fingerprint density at radius 2 is 1.74 bits per heavy atom. The molecule has 0 bridgehead atoms. The first-order valence-electron chi connectivity index (χ1n) is 6.95. The summed E-state index contributed by atoms with van der Waals surface area (Å²) in [5.41, 5.74) is 11.3. The number of benzene rings is 1. The molecule has 3 nitrogen and oxygen atoms in total. The maximum atomic E-state index is 6.10. The van der Waals surface area contributed by atoms with E-state index in [1.807, 2.05) is 0 Å². The summed E-state index contributed by atoms with van der Waals surface area (Å²) >= 11 is 0. The van der Waals surface area contributed by atoms with Crippen molar-refractivity contribution in [3.8, 4) is 0 Å². The smallest absolute Gasteiger partial charge is 0.192 e. The molecule has 1 aliphatic heterocycles. The fraction of sp³-hybridized carbons (Fsp3) is 0.562. The summed E-state index contributed by atoms with van der Waals surface area (Å²) in [5.74, 6) is 0.664. The minimum Gasteiger partial charge on any atom is -0.370 e. The van der Waals surface area contributed by atoms with Crippen molar-refractivity contribution in [1.82, 2.24) is 4.90 Å². The number of nitrogens with two attached hydrogens (primary N) is 1. The highest BCUT2D eigenvalue weighted by atomic mass is 15.4. The molecule has 0 saturated heterocycles. The third-order valence-corrected chi connectivity index (χ3v) is 4.06. The molecule has 0 radical (unpaired) electrons. The van der Waals surface area contributed by atoms with Crippen LogP contribution in [0.1, 0.15) is 43.0 Å². The van der Waals surface area contributed by atoms with Crippen LogP contribution in [0, 0.1) is 20.8 Å².